The molecule has 0 bridgehead atoms. The van der Waals surface area contributed by atoms with Gasteiger partial charge >= 0.3 is 6.18 Å². The number of halogens is 3. The van der Waals surface area contributed by atoms with Gasteiger partial charge < -0.3 is 5.32 Å². The Labute approximate surface area is 115 Å². The number of amides is 1. The second kappa shape index (κ2) is 5.83. The molecule has 2 N–H and O–H groups in total. The van der Waals surface area contributed by atoms with Gasteiger partial charge in [0.1, 0.15) is 0 Å². The number of carbonyl (C=O) groups is 1. The predicted molar refractivity (Wildman–Crippen MR) is 69.0 cm³/mol. The summed E-state index contributed by atoms with van der Waals surface area (Å²) < 4.78 is 37.4. The summed E-state index contributed by atoms with van der Waals surface area (Å²) in [5.41, 5.74) is 0.0697. The molecule has 3 nitrogen and oxygen atoms in total. The van der Waals surface area contributed by atoms with Gasteiger partial charge in [-0.05, 0) is 37.5 Å². The summed E-state index contributed by atoms with van der Waals surface area (Å²) in [6.07, 6.45) is -2.67. The fraction of sp³-hybridized carbons (Fsp3) is 0.500. The van der Waals surface area contributed by atoms with E-state index in [4.69, 9.17) is 0 Å². The Morgan fingerprint density at radius 3 is 2.50 bits per heavy atom. The normalized spacial score (nSPS) is 21.4. The smallest absolute Gasteiger partial charge is 0.355 e. The van der Waals surface area contributed by atoms with Crippen molar-refractivity contribution in [3.8, 4) is 0 Å². The molecule has 2 atom stereocenters. The number of carbonyl (C=O) groups excluding carboxylic acids is 1. The van der Waals surface area contributed by atoms with Gasteiger partial charge in [0.15, 0.2) is 0 Å². The number of piperidine rings is 1. The fourth-order valence-electron chi connectivity index (χ4n) is 2.29. The first-order chi connectivity index (χ1) is 9.38. The van der Waals surface area contributed by atoms with Crippen molar-refractivity contribution in [3.63, 3.8) is 0 Å². The van der Waals surface area contributed by atoms with E-state index in [9.17, 15) is 18.0 Å². The maximum atomic E-state index is 12.5. The molecule has 0 aliphatic carbocycles. The van der Waals surface area contributed by atoms with Gasteiger partial charge in [-0.15, -0.1) is 0 Å². The van der Waals surface area contributed by atoms with Crippen LogP contribution in [0.1, 0.15) is 36.9 Å². The van der Waals surface area contributed by atoms with Gasteiger partial charge in [0.2, 0.25) is 5.91 Å². The number of rotatable bonds is 3. The van der Waals surface area contributed by atoms with Crippen molar-refractivity contribution in [2.24, 2.45) is 0 Å². The van der Waals surface area contributed by atoms with Crippen molar-refractivity contribution < 1.29 is 18.0 Å². The van der Waals surface area contributed by atoms with Crippen LogP contribution in [0.5, 0.6) is 0 Å². The molecule has 20 heavy (non-hydrogen) atoms. The third-order valence-electron chi connectivity index (χ3n) is 3.47. The van der Waals surface area contributed by atoms with E-state index in [1.165, 1.54) is 12.1 Å². The molecular weight excluding hydrogens is 269 g/mol. The predicted octanol–water partition coefficient (Wildman–Crippen LogP) is 2.63. The van der Waals surface area contributed by atoms with Crippen molar-refractivity contribution in [2.75, 3.05) is 6.54 Å². The minimum atomic E-state index is -4.32. The zero-order valence-corrected chi connectivity index (χ0v) is 11.1. The third kappa shape index (κ3) is 3.50. The standard InChI is InChI=1S/C14H17F3N2O/c1-9(19-12-3-2-8-18-13(12)20)10-4-6-11(7-5-10)14(15,16)17/h4-7,9,12,19H,2-3,8H2,1H3,(H,18,20). The minimum Gasteiger partial charge on any atom is -0.355 e. The van der Waals surface area contributed by atoms with Crippen LogP contribution in [0.15, 0.2) is 24.3 Å². The zero-order chi connectivity index (χ0) is 14.8. The Morgan fingerprint density at radius 1 is 1.30 bits per heavy atom. The molecular formula is C14H17F3N2O. The van der Waals surface area contributed by atoms with E-state index in [1.54, 1.807) is 0 Å². The Bertz CT molecular complexity index is 470. The molecule has 0 radical (unpaired) electrons. The zero-order valence-electron chi connectivity index (χ0n) is 11.1. The number of benzene rings is 1. The molecule has 1 fully saturated rings. The summed E-state index contributed by atoms with van der Waals surface area (Å²) in [4.78, 5) is 11.6. The summed E-state index contributed by atoms with van der Waals surface area (Å²) in [5, 5.41) is 5.92. The molecule has 110 valence electrons. The van der Waals surface area contributed by atoms with E-state index in [-0.39, 0.29) is 18.0 Å². The fourth-order valence-corrected chi connectivity index (χ4v) is 2.29. The maximum Gasteiger partial charge on any atom is 0.416 e. The van der Waals surface area contributed by atoms with E-state index in [0.29, 0.717) is 6.54 Å². The first-order valence-electron chi connectivity index (χ1n) is 6.59. The highest BCUT2D eigenvalue weighted by atomic mass is 19.4. The summed E-state index contributed by atoms with van der Waals surface area (Å²) in [6.45, 7) is 2.52. The molecule has 1 aromatic carbocycles. The molecule has 1 saturated heterocycles. The van der Waals surface area contributed by atoms with E-state index in [2.05, 4.69) is 10.6 Å². The molecule has 1 amide bonds. The second-order valence-corrected chi connectivity index (χ2v) is 4.99. The van der Waals surface area contributed by atoms with E-state index < -0.39 is 11.7 Å². The first-order valence-corrected chi connectivity index (χ1v) is 6.59. The Kier molecular flexibility index (Phi) is 4.32. The van der Waals surface area contributed by atoms with Crippen molar-refractivity contribution in [1.82, 2.24) is 10.6 Å². The topological polar surface area (TPSA) is 41.1 Å². The lowest BCUT2D eigenvalue weighted by atomic mass is 10.0. The van der Waals surface area contributed by atoms with E-state index in [1.807, 2.05) is 6.92 Å². The number of alkyl halides is 3. The van der Waals surface area contributed by atoms with Gasteiger partial charge in [-0.1, -0.05) is 12.1 Å². The monoisotopic (exact) mass is 286 g/mol. The van der Waals surface area contributed by atoms with Gasteiger partial charge in [0.05, 0.1) is 11.6 Å². The molecule has 1 aromatic rings. The molecule has 1 aliphatic heterocycles. The molecule has 0 saturated carbocycles. The Morgan fingerprint density at radius 2 is 1.95 bits per heavy atom. The highest BCUT2D eigenvalue weighted by Gasteiger charge is 2.30. The third-order valence-corrected chi connectivity index (χ3v) is 3.47. The van der Waals surface area contributed by atoms with Gasteiger partial charge in [-0.2, -0.15) is 13.2 Å². The van der Waals surface area contributed by atoms with Crippen LogP contribution in [-0.2, 0) is 11.0 Å². The van der Waals surface area contributed by atoms with Crippen LogP contribution in [0.25, 0.3) is 0 Å². The van der Waals surface area contributed by atoms with Crippen molar-refractivity contribution in [3.05, 3.63) is 35.4 Å². The number of nitrogens with one attached hydrogen (secondary N) is 2. The van der Waals surface area contributed by atoms with Crippen LogP contribution in [0.2, 0.25) is 0 Å². The van der Waals surface area contributed by atoms with Gasteiger partial charge in [-0.3, -0.25) is 10.1 Å². The van der Waals surface area contributed by atoms with Crippen LogP contribution >= 0.6 is 0 Å². The average Bonchev–Trinajstić information content (AvgIpc) is 2.40. The second-order valence-electron chi connectivity index (χ2n) is 4.99. The molecule has 1 aliphatic rings. The van der Waals surface area contributed by atoms with Crippen LogP contribution in [0.4, 0.5) is 13.2 Å². The average molecular weight is 286 g/mol. The van der Waals surface area contributed by atoms with Crippen LogP contribution in [0, 0.1) is 0 Å². The SMILES string of the molecule is CC(NC1CCCNC1=O)c1ccc(C(F)(F)F)cc1. The van der Waals surface area contributed by atoms with Crippen molar-refractivity contribution >= 4 is 5.91 Å². The number of hydrogen-bond acceptors (Lipinski definition) is 2. The quantitative estimate of drug-likeness (QED) is 0.897. The molecule has 2 rings (SSSR count). The van der Waals surface area contributed by atoms with Crippen LogP contribution in [-0.4, -0.2) is 18.5 Å². The van der Waals surface area contributed by atoms with E-state index in [0.717, 1.165) is 30.5 Å². The first kappa shape index (κ1) is 14.8. The van der Waals surface area contributed by atoms with E-state index >= 15 is 0 Å². The van der Waals surface area contributed by atoms with Crippen molar-refractivity contribution in [1.29, 1.82) is 0 Å². The van der Waals surface area contributed by atoms with Crippen molar-refractivity contribution in [2.45, 2.75) is 38.0 Å². The number of hydrogen-bond donors (Lipinski definition) is 2. The lowest BCUT2D eigenvalue weighted by Crippen LogP contribution is -2.48. The Hall–Kier alpha value is -1.56. The lowest BCUT2D eigenvalue weighted by Gasteiger charge is -2.26. The van der Waals surface area contributed by atoms with Crippen LogP contribution < -0.4 is 10.6 Å². The summed E-state index contributed by atoms with van der Waals surface area (Å²) in [5.74, 6) is -0.0463. The molecule has 2 unspecified atom stereocenters. The van der Waals surface area contributed by atoms with Gasteiger partial charge in [0.25, 0.3) is 0 Å². The van der Waals surface area contributed by atoms with Gasteiger partial charge in [0, 0.05) is 12.6 Å². The molecule has 0 aromatic heterocycles. The molecule has 6 heteroatoms. The minimum absolute atomic E-state index is 0.0463. The van der Waals surface area contributed by atoms with Crippen LogP contribution in [0.3, 0.4) is 0 Å². The maximum absolute atomic E-state index is 12.5. The summed E-state index contributed by atoms with van der Waals surface area (Å²) in [7, 11) is 0. The highest BCUT2D eigenvalue weighted by Crippen LogP contribution is 2.30. The molecule has 0 spiro atoms. The lowest BCUT2D eigenvalue weighted by molar-refractivity contribution is -0.137. The highest BCUT2D eigenvalue weighted by molar-refractivity contribution is 5.82. The van der Waals surface area contributed by atoms with Gasteiger partial charge in [-0.25, -0.2) is 0 Å². The summed E-state index contributed by atoms with van der Waals surface area (Å²) in [6, 6.07) is 4.57. The Balaban J connectivity index is 2.02. The molecule has 1 heterocycles. The largest absolute Gasteiger partial charge is 0.416 e. The summed E-state index contributed by atoms with van der Waals surface area (Å²) >= 11 is 0.